The van der Waals surface area contributed by atoms with Crippen LogP contribution in [0.1, 0.15) is 20.8 Å². The highest BCUT2D eigenvalue weighted by molar-refractivity contribution is 7.22. The fraction of sp³-hybridized carbons (Fsp3) is 0.429. The number of pyridine rings is 1. The van der Waals surface area contributed by atoms with Gasteiger partial charge in [-0.3, -0.25) is 4.79 Å². The first-order valence-corrected chi connectivity index (χ1v) is 7.73. The van der Waals surface area contributed by atoms with Gasteiger partial charge in [0.1, 0.15) is 21.4 Å². The number of amides is 1. The number of imidazole rings is 1. The molecule has 0 radical (unpaired) electrons. The van der Waals surface area contributed by atoms with Crippen molar-refractivity contribution >= 4 is 49.6 Å². The minimum atomic E-state index is -0.469. The lowest BCUT2D eigenvalue weighted by Crippen LogP contribution is -2.27. The van der Waals surface area contributed by atoms with Gasteiger partial charge >= 0.3 is 0 Å². The summed E-state index contributed by atoms with van der Waals surface area (Å²) in [6, 6.07) is 0. The van der Waals surface area contributed by atoms with E-state index in [1.54, 1.807) is 6.33 Å². The number of anilines is 2. The normalized spacial score (nSPS) is 12.0. The second-order valence-electron chi connectivity index (χ2n) is 6.14. The van der Waals surface area contributed by atoms with Gasteiger partial charge in [-0.05, 0) is 0 Å². The van der Waals surface area contributed by atoms with Crippen molar-refractivity contribution in [2.75, 3.05) is 17.7 Å². The Bertz CT molecular complexity index is 873. The molecule has 0 fully saturated rings. The van der Waals surface area contributed by atoms with Crippen LogP contribution in [0.15, 0.2) is 6.33 Å². The van der Waals surface area contributed by atoms with E-state index in [0.29, 0.717) is 10.9 Å². The molecule has 0 aliphatic carbocycles. The Labute approximate surface area is 131 Å². The third-order valence-electron chi connectivity index (χ3n) is 3.35. The highest BCUT2D eigenvalue weighted by atomic mass is 32.1. The van der Waals surface area contributed by atoms with Crippen LogP contribution < -0.4 is 10.6 Å². The molecule has 3 aromatic heterocycles. The van der Waals surface area contributed by atoms with Crippen molar-refractivity contribution in [3.8, 4) is 0 Å². The molecule has 0 atom stereocenters. The van der Waals surface area contributed by atoms with Crippen LogP contribution in [0.2, 0.25) is 0 Å². The molecular weight excluding hydrogens is 300 g/mol. The summed E-state index contributed by atoms with van der Waals surface area (Å²) in [5.74, 6) is 0.641. The number of rotatable bonds is 2. The smallest absolute Gasteiger partial charge is 0.231 e. The minimum Gasteiger partial charge on any atom is -0.371 e. The molecule has 3 rings (SSSR count). The molecule has 116 valence electrons. The Kier molecular flexibility index (Phi) is 3.28. The van der Waals surface area contributed by atoms with Gasteiger partial charge in [-0.25, -0.2) is 15.0 Å². The van der Waals surface area contributed by atoms with Crippen LogP contribution >= 0.6 is 11.3 Å². The summed E-state index contributed by atoms with van der Waals surface area (Å²) in [6.07, 6.45) is 1.74. The zero-order chi connectivity index (χ0) is 16.1. The van der Waals surface area contributed by atoms with Gasteiger partial charge in [0.25, 0.3) is 0 Å². The van der Waals surface area contributed by atoms with E-state index >= 15 is 0 Å². The van der Waals surface area contributed by atoms with Crippen LogP contribution in [0.4, 0.5) is 10.9 Å². The monoisotopic (exact) mass is 318 g/mol. The molecule has 0 bridgehead atoms. The van der Waals surface area contributed by atoms with E-state index in [-0.39, 0.29) is 5.91 Å². The summed E-state index contributed by atoms with van der Waals surface area (Å²) in [7, 11) is 3.73. The maximum Gasteiger partial charge on any atom is 0.231 e. The summed E-state index contributed by atoms with van der Waals surface area (Å²) in [6.45, 7) is 5.60. The number of nitrogens with one attached hydrogen (secondary N) is 2. The van der Waals surface area contributed by atoms with Crippen LogP contribution in [0, 0.1) is 5.41 Å². The molecule has 2 N–H and O–H groups in total. The van der Waals surface area contributed by atoms with Crippen molar-refractivity contribution in [2.24, 2.45) is 12.5 Å². The first-order valence-electron chi connectivity index (χ1n) is 6.92. The van der Waals surface area contributed by atoms with Gasteiger partial charge in [-0.2, -0.15) is 0 Å². The van der Waals surface area contributed by atoms with E-state index < -0.39 is 5.41 Å². The molecule has 0 saturated carbocycles. The third kappa shape index (κ3) is 2.29. The first kappa shape index (κ1) is 14.7. The first-order chi connectivity index (χ1) is 10.3. The van der Waals surface area contributed by atoms with Crippen molar-refractivity contribution in [3.05, 3.63) is 6.33 Å². The number of carbonyl (C=O) groups excluding carboxylic acids is 1. The zero-order valence-corrected chi connectivity index (χ0v) is 14.0. The Morgan fingerprint density at radius 3 is 2.64 bits per heavy atom. The van der Waals surface area contributed by atoms with E-state index in [1.807, 2.05) is 39.4 Å². The maximum absolute atomic E-state index is 12.1. The highest BCUT2D eigenvalue weighted by Gasteiger charge is 2.23. The van der Waals surface area contributed by atoms with Gasteiger partial charge in [0, 0.05) is 19.5 Å². The second kappa shape index (κ2) is 4.91. The molecule has 8 heteroatoms. The SMILES string of the molecule is CNc1nc2sc(NC(=O)C(C)(C)C)nc2c2c1ncn2C. The molecule has 7 nitrogen and oxygen atoms in total. The number of aryl methyl sites for hydroxylation is 1. The predicted octanol–water partition coefficient (Wildman–Crippen LogP) is 2.60. The average Bonchev–Trinajstić information content (AvgIpc) is 3.00. The second-order valence-corrected chi connectivity index (χ2v) is 7.12. The van der Waals surface area contributed by atoms with Gasteiger partial charge in [0.2, 0.25) is 5.91 Å². The van der Waals surface area contributed by atoms with Crippen molar-refractivity contribution in [1.29, 1.82) is 0 Å². The van der Waals surface area contributed by atoms with Gasteiger partial charge in [-0.1, -0.05) is 32.1 Å². The third-order valence-corrected chi connectivity index (χ3v) is 4.21. The van der Waals surface area contributed by atoms with Crippen molar-refractivity contribution in [1.82, 2.24) is 19.5 Å². The summed E-state index contributed by atoms with van der Waals surface area (Å²) in [4.78, 5) is 26.3. The van der Waals surface area contributed by atoms with Gasteiger partial charge in [0.05, 0.1) is 6.33 Å². The predicted molar refractivity (Wildman–Crippen MR) is 89.3 cm³/mol. The molecule has 0 unspecified atom stereocenters. The molecule has 0 spiro atoms. The number of fused-ring (bicyclic) bond motifs is 3. The van der Waals surface area contributed by atoms with Crippen LogP contribution in [-0.4, -0.2) is 32.5 Å². The maximum atomic E-state index is 12.1. The Morgan fingerprint density at radius 1 is 1.27 bits per heavy atom. The van der Waals surface area contributed by atoms with Crippen LogP contribution in [0.5, 0.6) is 0 Å². The Balaban J connectivity index is 2.15. The highest BCUT2D eigenvalue weighted by Crippen LogP contribution is 2.33. The van der Waals surface area contributed by atoms with Crippen molar-refractivity contribution in [2.45, 2.75) is 20.8 Å². The Morgan fingerprint density at radius 2 is 2.00 bits per heavy atom. The zero-order valence-electron chi connectivity index (χ0n) is 13.2. The molecule has 22 heavy (non-hydrogen) atoms. The molecule has 0 aliphatic heterocycles. The van der Waals surface area contributed by atoms with Gasteiger partial charge in [0.15, 0.2) is 10.9 Å². The number of hydrogen-bond acceptors (Lipinski definition) is 6. The summed E-state index contributed by atoms with van der Waals surface area (Å²) in [5, 5.41) is 6.47. The Hall–Kier alpha value is -2.22. The summed E-state index contributed by atoms with van der Waals surface area (Å²) < 4.78 is 1.91. The van der Waals surface area contributed by atoms with Gasteiger partial charge in [-0.15, -0.1) is 0 Å². The van der Waals surface area contributed by atoms with E-state index in [9.17, 15) is 4.79 Å². The molecule has 3 aromatic rings. The lowest BCUT2D eigenvalue weighted by atomic mass is 9.96. The van der Waals surface area contributed by atoms with Gasteiger partial charge < -0.3 is 15.2 Å². The van der Waals surface area contributed by atoms with E-state index in [1.165, 1.54) is 11.3 Å². The molecule has 0 saturated heterocycles. The molecule has 3 heterocycles. The van der Waals surface area contributed by atoms with E-state index in [2.05, 4.69) is 25.6 Å². The minimum absolute atomic E-state index is 0.0679. The standard InChI is InChI=1S/C14H18N6OS/c1-14(2,3)12(21)19-13-17-8-9-7(16-6-20(9)5)10(15-4)18-11(8)22-13/h6H,1-5H3,(H,15,18)(H,17,19,21). The number of nitrogens with zero attached hydrogens (tertiary/aromatic N) is 4. The molecular formula is C14H18N6OS. The summed E-state index contributed by atoms with van der Waals surface area (Å²) >= 11 is 1.36. The molecule has 0 aliphatic rings. The topological polar surface area (TPSA) is 84.7 Å². The largest absolute Gasteiger partial charge is 0.371 e. The van der Waals surface area contributed by atoms with E-state index in [4.69, 9.17) is 0 Å². The van der Waals surface area contributed by atoms with Crippen molar-refractivity contribution in [3.63, 3.8) is 0 Å². The number of thiazole rings is 1. The van der Waals surface area contributed by atoms with Crippen molar-refractivity contribution < 1.29 is 4.79 Å². The average molecular weight is 318 g/mol. The summed E-state index contributed by atoms with van der Waals surface area (Å²) in [5.41, 5.74) is 1.96. The number of aromatic nitrogens is 4. The number of hydrogen-bond donors (Lipinski definition) is 2. The fourth-order valence-corrected chi connectivity index (χ4v) is 2.93. The lowest BCUT2D eigenvalue weighted by molar-refractivity contribution is -0.123. The van der Waals surface area contributed by atoms with Crippen LogP contribution in [-0.2, 0) is 11.8 Å². The fourth-order valence-electron chi connectivity index (χ4n) is 2.09. The van der Waals surface area contributed by atoms with E-state index in [0.717, 1.165) is 21.4 Å². The number of carbonyl (C=O) groups is 1. The van der Waals surface area contributed by atoms with Crippen LogP contribution in [0.3, 0.4) is 0 Å². The lowest BCUT2D eigenvalue weighted by Gasteiger charge is -2.15. The van der Waals surface area contributed by atoms with Crippen LogP contribution in [0.25, 0.3) is 21.4 Å². The quantitative estimate of drug-likeness (QED) is 0.758. The molecule has 1 amide bonds. The molecule has 0 aromatic carbocycles.